The number of anilines is 1. The number of para-hydroxylation sites is 1. The van der Waals surface area contributed by atoms with Crippen LogP contribution in [0, 0.1) is 6.92 Å². The highest BCUT2D eigenvalue weighted by Crippen LogP contribution is 2.27. The largest absolute Gasteiger partial charge is 0.484 e. The highest BCUT2D eigenvalue weighted by Gasteiger charge is 2.12. The Kier molecular flexibility index (Phi) is 4.95. The molecule has 7 heteroatoms. The summed E-state index contributed by atoms with van der Waals surface area (Å²) in [5.41, 5.74) is 3.70. The third-order valence-corrected chi connectivity index (χ3v) is 4.43. The molecule has 0 aliphatic heterocycles. The number of halogens is 1. The molecule has 4 rings (SSSR count). The number of aromatic nitrogens is 3. The molecule has 140 valence electrons. The Morgan fingerprint density at radius 2 is 1.71 bits per heavy atom. The van der Waals surface area contributed by atoms with Crippen molar-refractivity contribution < 1.29 is 9.53 Å². The van der Waals surface area contributed by atoms with Crippen LogP contribution in [0.25, 0.3) is 16.7 Å². The van der Waals surface area contributed by atoms with E-state index in [-0.39, 0.29) is 12.5 Å². The van der Waals surface area contributed by atoms with Gasteiger partial charge in [0.1, 0.15) is 16.8 Å². The third kappa shape index (κ3) is 3.97. The minimum atomic E-state index is -0.308. The molecule has 1 amide bonds. The molecule has 0 atom stereocenters. The van der Waals surface area contributed by atoms with E-state index < -0.39 is 0 Å². The molecule has 28 heavy (non-hydrogen) atoms. The number of benzene rings is 3. The van der Waals surface area contributed by atoms with Gasteiger partial charge in [-0.3, -0.25) is 4.79 Å². The average Bonchev–Trinajstić information content (AvgIpc) is 3.11. The quantitative estimate of drug-likeness (QED) is 0.546. The summed E-state index contributed by atoms with van der Waals surface area (Å²) in [5.74, 6) is 0.324. The number of hydrogen-bond acceptors (Lipinski definition) is 4. The molecule has 0 spiro atoms. The molecule has 0 fully saturated rings. The molecular weight excluding hydrogens is 376 g/mol. The van der Waals surface area contributed by atoms with Gasteiger partial charge in [0.05, 0.1) is 16.4 Å². The first-order valence-corrected chi connectivity index (χ1v) is 9.07. The van der Waals surface area contributed by atoms with Crippen molar-refractivity contribution in [1.82, 2.24) is 15.0 Å². The lowest BCUT2D eigenvalue weighted by atomic mass is 10.2. The van der Waals surface area contributed by atoms with Crippen LogP contribution in [0.2, 0.25) is 5.02 Å². The van der Waals surface area contributed by atoms with Crippen LogP contribution in [0.1, 0.15) is 5.56 Å². The van der Waals surface area contributed by atoms with Crippen molar-refractivity contribution in [2.45, 2.75) is 6.92 Å². The fourth-order valence-corrected chi connectivity index (χ4v) is 2.89. The van der Waals surface area contributed by atoms with Crippen molar-refractivity contribution >= 4 is 34.2 Å². The number of aryl methyl sites for hydroxylation is 1. The summed E-state index contributed by atoms with van der Waals surface area (Å²) >= 11 is 6.30. The molecule has 0 saturated heterocycles. The van der Waals surface area contributed by atoms with Gasteiger partial charge in [0, 0.05) is 0 Å². The van der Waals surface area contributed by atoms with E-state index in [9.17, 15) is 4.79 Å². The minimum absolute atomic E-state index is 0.117. The van der Waals surface area contributed by atoms with Gasteiger partial charge in [0.15, 0.2) is 6.61 Å². The molecule has 0 radical (unpaired) electrons. The summed E-state index contributed by atoms with van der Waals surface area (Å²) < 4.78 is 5.50. The molecule has 0 bridgehead atoms. The van der Waals surface area contributed by atoms with Crippen LogP contribution in [0.3, 0.4) is 0 Å². The lowest BCUT2D eigenvalue weighted by molar-refractivity contribution is -0.118. The number of amides is 1. The van der Waals surface area contributed by atoms with Gasteiger partial charge in [-0.25, -0.2) is 0 Å². The molecule has 1 heterocycles. The van der Waals surface area contributed by atoms with Crippen molar-refractivity contribution in [3.63, 3.8) is 0 Å². The van der Waals surface area contributed by atoms with Gasteiger partial charge < -0.3 is 10.1 Å². The second-order valence-corrected chi connectivity index (χ2v) is 6.70. The van der Waals surface area contributed by atoms with Crippen molar-refractivity contribution in [2.75, 3.05) is 11.9 Å². The minimum Gasteiger partial charge on any atom is -0.484 e. The van der Waals surface area contributed by atoms with Crippen molar-refractivity contribution in [3.8, 4) is 11.4 Å². The fraction of sp³-hybridized carbons (Fsp3) is 0.0952. The first-order valence-electron chi connectivity index (χ1n) is 8.70. The van der Waals surface area contributed by atoms with Gasteiger partial charge in [-0.2, -0.15) is 4.80 Å². The Morgan fingerprint density at radius 3 is 2.43 bits per heavy atom. The van der Waals surface area contributed by atoms with Crippen molar-refractivity contribution in [3.05, 3.63) is 77.3 Å². The number of nitrogens with one attached hydrogen (secondary N) is 1. The summed E-state index contributed by atoms with van der Waals surface area (Å²) in [6.07, 6.45) is 0. The van der Waals surface area contributed by atoms with Crippen LogP contribution >= 0.6 is 11.6 Å². The zero-order valence-electron chi connectivity index (χ0n) is 15.1. The number of ether oxygens (including phenoxy) is 1. The summed E-state index contributed by atoms with van der Waals surface area (Å²) in [7, 11) is 0. The molecule has 0 aliphatic rings. The number of rotatable bonds is 5. The van der Waals surface area contributed by atoms with E-state index in [0.29, 0.717) is 27.5 Å². The Labute approximate surface area is 166 Å². The number of fused-ring (bicyclic) bond motifs is 1. The standard InChI is InChI=1S/C21H17ClN4O2/c1-14-7-9-16(10-8-14)28-13-21(27)23-18-12-20-19(11-17(18)22)24-26(25-20)15-5-3-2-4-6-15/h2-12H,13H2,1H3,(H,23,27). The van der Waals surface area contributed by atoms with Gasteiger partial charge in [0.25, 0.3) is 5.91 Å². The molecule has 0 saturated carbocycles. The van der Waals surface area contributed by atoms with Crippen LogP contribution in [0.15, 0.2) is 66.7 Å². The van der Waals surface area contributed by atoms with E-state index in [1.807, 2.05) is 61.5 Å². The van der Waals surface area contributed by atoms with E-state index in [1.54, 1.807) is 12.1 Å². The second kappa shape index (κ2) is 7.70. The highest BCUT2D eigenvalue weighted by molar-refractivity contribution is 6.34. The number of hydrogen-bond donors (Lipinski definition) is 1. The van der Waals surface area contributed by atoms with Crippen molar-refractivity contribution in [2.24, 2.45) is 0 Å². The first kappa shape index (κ1) is 18.0. The Bertz CT molecular complexity index is 1120. The van der Waals surface area contributed by atoms with Gasteiger partial charge in [-0.05, 0) is 43.3 Å². The molecule has 0 unspecified atom stereocenters. The summed E-state index contributed by atoms with van der Waals surface area (Å²) in [6.45, 7) is 1.87. The summed E-state index contributed by atoms with van der Waals surface area (Å²) in [5, 5.41) is 12.0. The maximum atomic E-state index is 12.2. The lowest BCUT2D eigenvalue weighted by Gasteiger charge is -2.09. The molecule has 0 aliphatic carbocycles. The summed E-state index contributed by atoms with van der Waals surface area (Å²) in [4.78, 5) is 13.8. The molecule has 4 aromatic rings. The molecule has 1 aromatic heterocycles. The molecule has 1 N–H and O–H groups in total. The zero-order valence-corrected chi connectivity index (χ0v) is 15.8. The highest BCUT2D eigenvalue weighted by atomic mass is 35.5. The first-order chi connectivity index (χ1) is 13.6. The van der Waals surface area contributed by atoms with E-state index in [1.165, 1.54) is 4.80 Å². The van der Waals surface area contributed by atoms with Gasteiger partial charge >= 0.3 is 0 Å². The fourth-order valence-electron chi connectivity index (χ4n) is 2.68. The number of carbonyl (C=O) groups is 1. The molecule has 3 aromatic carbocycles. The average molecular weight is 393 g/mol. The number of carbonyl (C=O) groups excluding carboxylic acids is 1. The third-order valence-electron chi connectivity index (χ3n) is 4.12. The van der Waals surface area contributed by atoms with Crippen LogP contribution in [0.5, 0.6) is 5.75 Å². The predicted octanol–water partition coefficient (Wildman–Crippen LogP) is 4.40. The van der Waals surface area contributed by atoms with Crippen LogP contribution in [0.4, 0.5) is 5.69 Å². The van der Waals surface area contributed by atoms with Gasteiger partial charge in [-0.1, -0.05) is 47.5 Å². The molecule has 6 nitrogen and oxygen atoms in total. The smallest absolute Gasteiger partial charge is 0.262 e. The van der Waals surface area contributed by atoms with E-state index >= 15 is 0 Å². The Balaban J connectivity index is 1.49. The van der Waals surface area contributed by atoms with Crippen LogP contribution in [-0.4, -0.2) is 27.5 Å². The van der Waals surface area contributed by atoms with Crippen LogP contribution in [-0.2, 0) is 4.79 Å². The second-order valence-electron chi connectivity index (χ2n) is 6.30. The van der Waals surface area contributed by atoms with E-state index in [0.717, 1.165) is 11.3 Å². The zero-order chi connectivity index (χ0) is 19.5. The van der Waals surface area contributed by atoms with E-state index in [2.05, 4.69) is 15.5 Å². The topological polar surface area (TPSA) is 69.0 Å². The monoisotopic (exact) mass is 392 g/mol. The maximum absolute atomic E-state index is 12.2. The van der Waals surface area contributed by atoms with Gasteiger partial charge in [0.2, 0.25) is 0 Å². The SMILES string of the molecule is Cc1ccc(OCC(=O)Nc2cc3nn(-c4ccccc4)nc3cc2Cl)cc1. The van der Waals surface area contributed by atoms with Crippen molar-refractivity contribution in [1.29, 1.82) is 0 Å². The Hall–Kier alpha value is -3.38. The number of nitrogens with zero attached hydrogens (tertiary/aromatic N) is 3. The van der Waals surface area contributed by atoms with Gasteiger partial charge in [-0.15, -0.1) is 10.2 Å². The molecular formula is C21H17ClN4O2. The normalized spacial score (nSPS) is 10.8. The predicted molar refractivity (Wildman–Crippen MR) is 109 cm³/mol. The Morgan fingerprint density at radius 1 is 1.04 bits per heavy atom. The summed E-state index contributed by atoms with van der Waals surface area (Å²) in [6, 6.07) is 20.4. The maximum Gasteiger partial charge on any atom is 0.262 e. The van der Waals surface area contributed by atoms with E-state index in [4.69, 9.17) is 16.3 Å². The lowest BCUT2D eigenvalue weighted by Crippen LogP contribution is -2.20. The van der Waals surface area contributed by atoms with Crippen LogP contribution < -0.4 is 10.1 Å².